The molecule has 2 rings (SSSR count). The molecule has 0 aliphatic heterocycles. The van der Waals surface area contributed by atoms with Crippen LogP contribution in [-0.4, -0.2) is 9.55 Å². The lowest BCUT2D eigenvalue weighted by Gasteiger charge is -2.20. The van der Waals surface area contributed by atoms with Gasteiger partial charge in [0.1, 0.15) is 0 Å². The summed E-state index contributed by atoms with van der Waals surface area (Å²) in [6.07, 6.45) is 3.78. The molecule has 0 saturated carbocycles. The Morgan fingerprint density at radius 1 is 1.29 bits per heavy atom. The van der Waals surface area contributed by atoms with E-state index < -0.39 is 0 Å². The summed E-state index contributed by atoms with van der Waals surface area (Å²) in [7, 11) is 0. The highest BCUT2D eigenvalue weighted by Crippen LogP contribution is 2.24. The van der Waals surface area contributed by atoms with Gasteiger partial charge in [-0.3, -0.25) is 0 Å². The highest BCUT2D eigenvalue weighted by molar-refractivity contribution is 5.38. The van der Waals surface area contributed by atoms with Crippen LogP contribution in [0.15, 0.2) is 36.8 Å². The first-order valence-electron chi connectivity index (χ1n) is 5.84. The van der Waals surface area contributed by atoms with Crippen LogP contribution in [0.2, 0.25) is 0 Å². The summed E-state index contributed by atoms with van der Waals surface area (Å²) in [6, 6.07) is 8.26. The smallest absolute Gasteiger partial charge is 0.0994 e. The summed E-state index contributed by atoms with van der Waals surface area (Å²) in [6.45, 7) is 7.13. The van der Waals surface area contributed by atoms with Gasteiger partial charge in [0.05, 0.1) is 6.33 Å². The van der Waals surface area contributed by atoms with Crippen molar-refractivity contribution in [2.45, 2.75) is 32.7 Å². The lowest BCUT2D eigenvalue weighted by Crippen LogP contribution is -2.16. The van der Waals surface area contributed by atoms with E-state index in [4.69, 9.17) is 5.73 Å². The third-order valence-electron chi connectivity index (χ3n) is 2.83. The van der Waals surface area contributed by atoms with Crippen molar-refractivity contribution in [3.63, 3.8) is 0 Å². The highest BCUT2D eigenvalue weighted by atomic mass is 15.1. The van der Waals surface area contributed by atoms with Gasteiger partial charge in [-0.15, -0.1) is 0 Å². The second kappa shape index (κ2) is 4.34. The molecule has 0 aliphatic rings. The standard InChI is InChI=1S/C14H19N3/c1-14(2,3)13-9-16-10-17(13)12-6-4-5-11(7-12)8-15/h4-7,9-10H,8,15H2,1-3H3. The second-order valence-corrected chi connectivity index (χ2v) is 5.27. The molecule has 17 heavy (non-hydrogen) atoms. The second-order valence-electron chi connectivity index (χ2n) is 5.27. The van der Waals surface area contributed by atoms with Crippen LogP contribution in [0, 0.1) is 0 Å². The van der Waals surface area contributed by atoms with Crippen LogP contribution >= 0.6 is 0 Å². The number of benzene rings is 1. The monoisotopic (exact) mass is 229 g/mol. The molecule has 0 atom stereocenters. The van der Waals surface area contributed by atoms with Gasteiger partial charge in [0.15, 0.2) is 0 Å². The third-order valence-corrected chi connectivity index (χ3v) is 2.83. The number of nitrogens with zero attached hydrogens (tertiary/aromatic N) is 2. The maximum absolute atomic E-state index is 5.67. The largest absolute Gasteiger partial charge is 0.326 e. The van der Waals surface area contributed by atoms with Gasteiger partial charge < -0.3 is 10.3 Å². The Kier molecular flexibility index (Phi) is 3.03. The molecule has 0 spiro atoms. The van der Waals surface area contributed by atoms with Gasteiger partial charge in [0.25, 0.3) is 0 Å². The fourth-order valence-electron chi connectivity index (χ4n) is 1.89. The average molecular weight is 229 g/mol. The van der Waals surface area contributed by atoms with Gasteiger partial charge in [-0.25, -0.2) is 4.98 Å². The highest BCUT2D eigenvalue weighted by Gasteiger charge is 2.19. The van der Waals surface area contributed by atoms with E-state index in [1.807, 2.05) is 24.7 Å². The van der Waals surface area contributed by atoms with Crippen LogP contribution in [0.5, 0.6) is 0 Å². The van der Waals surface area contributed by atoms with Crippen LogP contribution in [0.4, 0.5) is 0 Å². The Bertz CT molecular complexity index is 506. The molecule has 0 aliphatic carbocycles. The average Bonchev–Trinajstić information content (AvgIpc) is 2.77. The molecule has 0 radical (unpaired) electrons. The Hall–Kier alpha value is -1.61. The minimum atomic E-state index is 0.0786. The fourth-order valence-corrected chi connectivity index (χ4v) is 1.89. The quantitative estimate of drug-likeness (QED) is 0.860. The molecule has 0 saturated heterocycles. The maximum Gasteiger partial charge on any atom is 0.0994 e. The normalized spacial score (nSPS) is 11.8. The summed E-state index contributed by atoms with van der Waals surface area (Å²) in [5, 5.41) is 0. The molecule has 0 bridgehead atoms. The summed E-state index contributed by atoms with van der Waals surface area (Å²) < 4.78 is 2.12. The van der Waals surface area contributed by atoms with Gasteiger partial charge >= 0.3 is 0 Å². The zero-order valence-electron chi connectivity index (χ0n) is 10.6. The first-order chi connectivity index (χ1) is 8.02. The van der Waals surface area contributed by atoms with Crippen LogP contribution in [0.25, 0.3) is 5.69 Å². The predicted molar refractivity (Wildman–Crippen MR) is 70.2 cm³/mol. The number of rotatable bonds is 2. The summed E-state index contributed by atoms with van der Waals surface area (Å²) in [5.74, 6) is 0. The van der Waals surface area contributed by atoms with Crippen molar-refractivity contribution in [3.8, 4) is 5.69 Å². The Morgan fingerprint density at radius 2 is 2.06 bits per heavy atom. The molecule has 3 nitrogen and oxygen atoms in total. The fraction of sp³-hybridized carbons (Fsp3) is 0.357. The minimum Gasteiger partial charge on any atom is -0.326 e. The van der Waals surface area contributed by atoms with Crippen molar-refractivity contribution in [1.82, 2.24) is 9.55 Å². The Balaban J connectivity index is 2.50. The molecule has 1 heterocycles. The molecule has 1 aromatic heterocycles. The van der Waals surface area contributed by atoms with Gasteiger partial charge in [-0.1, -0.05) is 32.9 Å². The van der Waals surface area contributed by atoms with E-state index in [9.17, 15) is 0 Å². The number of hydrogen-bond donors (Lipinski definition) is 1. The van der Waals surface area contributed by atoms with E-state index in [1.165, 1.54) is 5.69 Å². The van der Waals surface area contributed by atoms with E-state index in [1.54, 1.807) is 0 Å². The lowest BCUT2D eigenvalue weighted by molar-refractivity contribution is 0.556. The van der Waals surface area contributed by atoms with E-state index in [0.29, 0.717) is 6.54 Å². The Morgan fingerprint density at radius 3 is 2.71 bits per heavy atom. The molecule has 0 fully saturated rings. The van der Waals surface area contributed by atoms with E-state index in [2.05, 4.69) is 42.5 Å². The van der Waals surface area contributed by atoms with Crippen molar-refractivity contribution in [2.24, 2.45) is 5.73 Å². The maximum atomic E-state index is 5.67. The predicted octanol–water partition coefficient (Wildman–Crippen LogP) is 2.63. The number of imidazole rings is 1. The van der Waals surface area contributed by atoms with Crippen LogP contribution in [0.3, 0.4) is 0 Å². The molecule has 90 valence electrons. The SMILES string of the molecule is CC(C)(C)c1cncn1-c1cccc(CN)c1. The van der Waals surface area contributed by atoms with Gasteiger partial charge in [-0.2, -0.15) is 0 Å². The zero-order valence-corrected chi connectivity index (χ0v) is 10.6. The van der Waals surface area contributed by atoms with Gasteiger partial charge in [0, 0.05) is 29.5 Å². The topological polar surface area (TPSA) is 43.8 Å². The van der Waals surface area contributed by atoms with Crippen molar-refractivity contribution >= 4 is 0 Å². The van der Waals surface area contributed by atoms with Crippen molar-refractivity contribution in [1.29, 1.82) is 0 Å². The summed E-state index contributed by atoms with van der Waals surface area (Å²) in [5.41, 5.74) is 9.21. The van der Waals surface area contributed by atoms with Crippen LogP contribution in [-0.2, 0) is 12.0 Å². The lowest BCUT2D eigenvalue weighted by atomic mass is 9.92. The van der Waals surface area contributed by atoms with E-state index in [0.717, 1.165) is 11.3 Å². The van der Waals surface area contributed by atoms with Gasteiger partial charge in [0.2, 0.25) is 0 Å². The summed E-state index contributed by atoms with van der Waals surface area (Å²) >= 11 is 0. The first kappa shape index (κ1) is 11.9. The Labute approximate surface area is 102 Å². The molecule has 2 N–H and O–H groups in total. The van der Waals surface area contributed by atoms with E-state index >= 15 is 0 Å². The number of hydrogen-bond acceptors (Lipinski definition) is 2. The van der Waals surface area contributed by atoms with Gasteiger partial charge in [-0.05, 0) is 17.7 Å². The third kappa shape index (κ3) is 2.39. The zero-order chi connectivity index (χ0) is 12.5. The van der Waals surface area contributed by atoms with Crippen LogP contribution in [0.1, 0.15) is 32.0 Å². The van der Waals surface area contributed by atoms with E-state index in [-0.39, 0.29) is 5.41 Å². The molecule has 2 aromatic rings. The molecule has 0 amide bonds. The van der Waals surface area contributed by atoms with Crippen molar-refractivity contribution < 1.29 is 0 Å². The van der Waals surface area contributed by atoms with Crippen LogP contribution < -0.4 is 5.73 Å². The molecule has 1 aromatic carbocycles. The molecule has 0 unspecified atom stereocenters. The first-order valence-corrected chi connectivity index (χ1v) is 5.84. The number of nitrogens with two attached hydrogens (primary N) is 1. The van der Waals surface area contributed by atoms with Crippen molar-refractivity contribution in [2.75, 3.05) is 0 Å². The summed E-state index contributed by atoms with van der Waals surface area (Å²) in [4.78, 5) is 4.25. The number of aromatic nitrogens is 2. The molecular weight excluding hydrogens is 210 g/mol. The minimum absolute atomic E-state index is 0.0786. The van der Waals surface area contributed by atoms with Crippen molar-refractivity contribution in [3.05, 3.63) is 48.0 Å². The molecule has 3 heteroatoms. The molecular formula is C14H19N3.